The van der Waals surface area contributed by atoms with Crippen LogP contribution >= 0.6 is 0 Å². The molecule has 0 saturated carbocycles. The van der Waals surface area contributed by atoms with Crippen molar-refractivity contribution in [1.82, 2.24) is 5.32 Å². The molecule has 2 aliphatic heterocycles. The van der Waals surface area contributed by atoms with E-state index in [1.807, 2.05) is 6.07 Å². The second-order valence-corrected chi connectivity index (χ2v) is 5.71. The summed E-state index contributed by atoms with van der Waals surface area (Å²) in [6.07, 6.45) is -2.47. The molecule has 21 heavy (non-hydrogen) atoms. The number of hydrogen-bond acceptors (Lipinski definition) is 5. The van der Waals surface area contributed by atoms with Gasteiger partial charge in [0.1, 0.15) is 18.3 Å². The SMILES string of the molecule is CC1(C)OC2OC(CNC(=O)c3ccccc3)C(O)C2O1. The van der Waals surface area contributed by atoms with Crippen molar-refractivity contribution >= 4 is 5.91 Å². The van der Waals surface area contributed by atoms with Crippen LogP contribution in [0.1, 0.15) is 24.2 Å². The number of aliphatic hydroxyl groups is 1. The first-order valence-corrected chi connectivity index (χ1v) is 6.99. The Labute approximate surface area is 123 Å². The van der Waals surface area contributed by atoms with Crippen LogP contribution in [0, 0.1) is 0 Å². The molecule has 0 bridgehead atoms. The predicted molar refractivity (Wildman–Crippen MR) is 73.5 cm³/mol. The summed E-state index contributed by atoms with van der Waals surface area (Å²) in [6.45, 7) is 3.75. The first kappa shape index (κ1) is 14.5. The summed E-state index contributed by atoms with van der Waals surface area (Å²) < 4.78 is 16.8. The predicted octanol–water partition coefficient (Wildman–Crippen LogP) is 0.654. The summed E-state index contributed by atoms with van der Waals surface area (Å²) in [5.41, 5.74) is 0.568. The lowest BCUT2D eigenvalue weighted by Crippen LogP contribution is -2.41. The Morgan fingerprint density at radius 3 is 2.67 bits per heavy atom. The molecule has 3 rings (SSSR count). The number of fused-ring (bicyclic) bond motifs is 1. The third kappa shape index (κ3) is 2.94. The van der Waals surface area contributed by atoms with Gasteiger partial charge in [-0.2, -0.15) is 0 Å². The van der Waals surface area contributed by atoms with Crippen LogP contribution in [0.3, 0.4) is 0 Å². The molecule has 2 saturated heterocycles. The summed E-state index contributed by atoms with van der Waals surface area (Å²) >= 11 is 0. The molecular weight excluding hydrogens is 274 g/mol. The van der Waals surface area contributed by atoms with E-state index in [-0.39, 0.29) is 12.5 Å². The molecule has 1 amide bonds. The minimum atomic E-state index is -0.826. The third-order valence-corrected chi connectivity index (χ3v) is 3.61. The number of amides is 1. The molecule has 114 valence electrons. The quantitative estimate of drug-likeness (QED) is 0.856. The van der Waals surface area contributed by atoms with Crippen LogP contribution in [0.2, 0.25) is 0 Å². The molecule has 2 aliphatic rings. The van der Waals surface area contributed by atoms with Gasteiger partial charge in [-0.25, -0.2) is 0 Å². The number of benzene rings is 1. The van der Waals surface area contributed by atoms with Crippen molar-refractivity contribution in [3.05, 3.63) is 35.9 Å². The number of nitrogens with one attached hydrogen (secondary N) is 1. The van der Waals surface area contributed by atoms with Crippen molar-refractivity contribution in [3.8, 4) is 0 Å². The van der Waals surface area contributed by atoms with Crippen LogP contribution in [0.15, 0.2) is 30.3 Å². The van der Waals surface area contributed by atoms with Crippen LogP contribution in [-0.4, -0.2) is 47.9 Å². The van der Waals surface area contributed by atoms with E-state index in [0.29, 0.717) is 5.56 Å². The molecule has 1 aromatic rings. The Kier molecular flexibility index (Phi) is 3.71. The van der Waals surface area contributed by atoms with Crippen LogP contribution < -0.4 is 5.32 Å². The molecule has 6 nitrogen and oxygen atoms in total. The normalized spacial score (nSPS) is 33.7. The summed E-state index contributed by atoms with van der Waals surface area (Å²) in [7, 11) is 0. The zero-order chi connectivity index (χ0) is 15.0. The van der Waals surface area contributed by atoms with E-state index in [0.717, 1.165) is 0 Å². The Balaban J connectivity index is 1.55. The van der Waals surface area contributed by atoms with Crippen molar-refractivity contribution in [2.24, 2.45) is 0 Å². The Morgan fingerprint density at radius 2 is 2.00 bits per heavy atom. The maximum Gasteiger partial charge on any atom is 0.251 e. The second kappa shape index (κ2) is 5.38. The lowest BCUT2D eigenvalue weighted by Gasteiger charge is -2.23. The number of aliphatic hydroxyl groups excluding tert-OH is 1. The summed E-state index contributed by atoms with van der Waals surface area (Å²) in [4.78, 5) is 11.9. The van der Waals surface area contributed by atoms with Gasteiger partial charge in [0.25, 0.3) is 5.91 Å². The minimum Gasteiger partial charge on any atom is -0.387 e. The fourth-order valence-corrected chi connectivity index (χ4v) is 2.61. The molecule has 0 spiro atoms. The van der Waals surface area contributed by atoms with E-state index in [4.69, 9.17) is 14.2 Å². The minimum absolute atomic E-state index is 0.203. The largest absolute Gasteiger partial charge is 0.387 e. The smallest absolute Gasteiger partial charge is 0.251 e. The van der Waals surface area contributed by atoms with Gasteiger partial charge in [0.15, 0.2) is 12.1 Å². The van der Waals surface area contributed by atoms with Crippen molar-refractivity contribution in [2.45, 2.75) is 44.2 Å². The first-order chi connectivity index (χ1) is 9.96. The van der Waals surface area contributed by atoms with Crippen LogP contribution in [0.25, 0.3) is 0 Å². The highest BCUT2D eigenvalue weighted by molar-refractivity contribution is 5.94. The van der Waals surface area contributed by atoms with E-state index in [1.54, 1.807) is 38.1 Å². The van der Waals surface area contributed by atoms with Gasteiger partial charge < -0.3 is 24.6 Å². The molecule has 2 heterocycles. The third-order valence-electron chi connectivity index (χ3n) is 3.61. The fraction of sp³-hybridized carbons (Fsp3) is 0.533. The zero-order valence-corrected chi connectivity index (χ0v) is 12.0. The van der Waals surface area contributed by atoms with Crippen molar-refractivity contribution in [1.29, 1.82) is 0 Å². The highest BCUT2D eigenvalue weighted by Crippen LogP contribution is 2.37. The van der Waals surface area contributed by atoms with E-state index >= 15 is 0 Å². The topological polar surface area (TPSA) is 77.0 Å². The number of ether oxygens (including phenoxy) is 3. The number of hydrogen-bond donors (Lipinski definition) is 2. The van der Waals surface area contributed by atoms with Gasteiger partial charge in [-0.15, -0.1) is 0 Å². The van der Waals surface area contributed by atoms with E-state index < -0.39 is 30.4 Å². The Bertz CT molecular complexity index is 518. The van der Waals surface area contributed by atoms with E-state index in [9.17, 15) is 9.90 Å². The average Bonchev–Trinajstić information content (AvgIpc) is 2.91. The number of carbonyl (C=O) groups excluding carboxylic acids is 1. The van der Waals surface area contributed by atoms with Gasteiger partial charge in [-0.1, -0.05) is 18.2 Å². The zero-order valence-electron chi connectivity index (χ0n) is 12.0. The number of carbonyl (C=O) groups is 1. The molecule has 0 aromatic heterocycles. The van der Waals surface area contributed by atoms with Crippen molar-refractivity contribution in [3.63, 3.8) is 0 Å². The molecule has 4 atom stereocenters. The van der Waals surface area contributed by atoms with Crippen LogP contribution in [0.4, 0.5) is 0 Å². The molecule has 6 heteroatoms. The molecule has 4 unspecified atom stereocenters. The molecule has 2 fully saturated rings. The van der Waals surface area contributed by atoms with Crippen LogP contribution in [-0.2, 0) is 14.2 Å². The summed E-state index contributed by atoms with van der Waals surface area (Å²) in [5, 5.41) is 12.9. The van der Waals surface area contributed by atoms with E-state index in [2.05, 4.69) is 5.32 Å². The standard InChI is InChI=1S/C15H19NO5/c1-15(2)20-12-11(17)10(19-14(12)21-15)8-16-13(18)9-6-4-3-5-7-9/h3-7,10-12,14,17H,8H2,1-2H3,(H,16,18). The average molecular weight is 293 g/mol. The van der Waals surface area contributed by atoms with E-state index in [1.165, 1.54) is 0 Å². The van der Waals surface area contributed by atoms with Gasteiger partial charge in [0, 0.05) is 12.1 Å². The molecule has 1 aromatic carbocycles. The molecule has 2 N–H and O–H groups in total. The first-order valence-electron chi connectivity index (χ1n) is 6.99. The Morgan fingerprint density at radius 1 is 1.29 bits per heavy atom. The number of rotatable bonds is 3. The maximum atomic E-state index is 11.9. The second-order valence-electron chi connectivity index (χ2n) is 5.71. The summed E-state index contributed by atoms with van der Waals surface area (Å²) in [5.74, 6) is -0.959. The maximum absolute atomic E-state index is 11.9. The van der Waals surface area contributed by atoms with Gasteiger partial charge in [-0.05, 0) is 26.0 Å². The molecule has 0 radical (unpaired) electrons. The van der Waals surface area contributed by atoms with Gasteiger partial charge in [-0.3, -0.25) is 4.79 Å². The monoisotopic (exact) mass is 293 g/mol. The van der Waals surface area contributed by atoms with Gasteiger partial charge in [0.2, 0.25) is 0 Å². The van der Waals surface area contributed by atoms with Gasteiger partial charge in [0.05, 0.1) is 0 Å². The van der Waals surface area contributed by atoms with Crippen LogP contribution in [0.5, 0.6) is 0 Å². The summed E-state index contributed by atoms with van der Waals surface area (Å²) in [6, 6.07) is 8.89. The highest BCUT2D eigenvalue weighted by Gasteiger charge is 2.54. The van der Waals surface area contributed by atoms with Crippen molar-refractivity contribution in [2.75, 3.05) is 6.54 Å². The lowest BCUT2D eigenvalue weighted by molar-refractivity contribution is -0.213. The molecule has 0 aliphatic carbocycles. The highest BCUT2D eigenvalue weighted by atomic mass is 16.8. The van der Waals surface area contributed by atoms with Gasteiger partial charge >= 0.3 is 0 Å². The lowest BCUT2D eigenvalue weighted by atomic mass is 10.1. The fourth-order valence-electron chi connectivity index (χ4n) is 2.61. The molecular formula is C15H19NO5. The van der Waals surface area contributed by atoms with Crippen molar-refractivity contribution < 1.29 is 24.1 Å². The Hall–Kier alpha value is -1.47.